The third-order valence-electron chi connectivity index (χ3n) is 2.26. The summed E-state index contributed by atoms with van der Waals surface area (Å²) in [7, 11) is 0. The summed E-state index contributed by atoms with van der Waals surface area (Å²) in [5.74, 6) is 1.05. The maximum absolute atomic E-state index is 8.99. The molecule has 0 saturated carbocycles. The lowest BCUT2D eigenvalue weighted by molar-refractivity contribution is 0.340. The van der Waals surface area contributed by atoms with Gasteiger partial charge in [-0.1, -0.05) is 0 Å². The quantitative estimate of drug-likeness (QED) is 0.788. The van der Waals surface area contributed by atoms with Crippen molar-refractivity contribution in [3.8, 4) is 11.8 Å². The summed E-state index contributed by atoms with van der Waals surface area (Å²) in [6, 6.07) is 9.40. The van der Waals surface area contributed by atoms with Gasteiger partial charge in [0.25, 0.3) is 0 Å². The zero-order valence-electron chi connectivity index (χ0n) is 10.3. The third-order valence-corrected chi connectivity index (χ3v) is 2.26. The number of ether oxygens (including phenoxy) is 1. The first-order chi connectivity index (χ1) is 9.33. The number of aromatic amines is 1. The topological polar surface area (TPSA) is 99.5 Å². The molecule has 0 aliphatic rings. The van der Waals surface area contributed by atoms with Crippen molar-refractivity contribution >= 4 is 11.3 Å². The first-order valence-corrected chi connectivity index (χ1v) is 5.67. The van der Waals surface area contributed by atoms with Crippen LogP contribution in [0.25, 0.3) is 5.57 Å². The molecule has 0 aliphatic heterocycles. The fraction of sp³-hybridized carbons (Fsp3) is 0.167. The summed E-state index contributed by atoms with van der Waals surface area (Å²) in [6.07, 6.45) is 1.53. The highest BCUT2D eigenvalue weighted by Gasteiger charge is 2.05. The maximum atomic E-state index is 8.99. The first kappa shape index (κ1) is 12.6. The molecule has 1 aromatic carbocycles. The third kappa shape index (κ3) is 3.29. The molecule has 96 valence electrons. The number of hydrogen-bond acceptors (Lipinski definition) is 6. The van der Waals surface area contributed by atoms with Crippen LogP contribution in [0.5, 0.6) is 5.75 Å². The highest BCUT2D eigenvalue weighted by Crippen LogP contribution is 2.16. The van der Waals surface area contributed by atoms with Crippen LogP contribution in [-0.4, -0.2) is 27.2 Å². The molecule has 0 aliphatic carbocycles. The van der Waals surface area contributed by atoms with Crippen LogP contribution in [0.1, 0.15) is 12.7 Å². The smallest absolute Gasteiger partial charge is 0.216 e. The Labute approximate surface area is 109 Å². The number of allylic oxidation sites excluding steroid dienone is 1. The molecule has 1 aromatic heterocycles. The summed E-state index contributed by atoms with van der Waals surface area (Å²) in [4.78, 5) is 0. The molecular formula is C12H12N6O. The van der Waals surface area contributed by atoms with Crippen LogP contribution in [0.15, 0.2) is 30.5 Å². The van der Waals surface area contributed by atoms with Crippen molar-refractivity contribution < 1.29 is 4.74 Å². The number of benzene rings is 1. The van der Waals surface area contributed by atoms with Gasteiger partial charge in [-0.3, -0.25) is 0 Å². The molecule has 0 amide bonds. The van der Waals surface area contributed by atoms with Gasteiger partial charge < -0.3 is 10.1 Å². The Kier molecular flexibility index (Phi) is 4.08. The average Bonchev–Trinajstić information content (AvgIpc) is 2.96. The Hall–Kier alpha value is -2.88. The van der Waals surface area contributed by atoms with Crippen molar-refractivity contribution in [2.45, 2.75) is 6.92 Å². The number of tetrazole rings is 1. The SMILES string of the molecule is CCOc1ccc(N/C=C(\C#N)c2nn[nH]n2)cc1. The van der Waals surface area contributed by atoms with Crippen molar-refractivity contribution in [2.24, 2.45) is 0 Å². The number of H-pyrrole nitrogens is 1. The zero-order valence-corrected chi connectivity index (χ0v) is 10.3. The van der Waals surface area contributed by atoms with E-state index in [0.29, 0.717) is 12.2 Å². The average molecular weight is 256 g/mol. The van der Waals surface area contributed by atoms with Gasteiger partial charge >= 0.3 is 0 Å². The number of nitriles is 1. The summed E-state index contributed by atoms with van der Waals surface area (Å²) in [5.41, 5.74) is 1.13. The largest absolute Gasteiger partial charge is 0.494 e. The fourth-order valence-electron chi connectivity index (χ4n) is 1.39. The van der Waals surface area contributed by atoms with Gasteiger partial charge in [0.05, 0.1) is 6.61 Å². The van der Waals surface area contributed by atoms with Crippen molar-refractivity contribution in [1.29, 1.82) is 5.26 Å². The van der Waals surface area contributed by atoms with E-state index in [4.69, 9.17) is 10.00 Å². The van der Waals surface area contributed by atoms with E-state index in [1.807, 2.05) is 37.3 Å². The Morgan fingerprint density at radius 1 is 1.47 bits per heavy atom. The van der Waals surface area contributed by atoms with Gasteiger partial charge in [-0.05, 0) is 36.4 Å². The highest BCUT2D eigenvalue weighted by atomic mass is 16.5. The van der Waals surface area contributed by atoms with Gasteiger partial charge in [0.15, 0.2) is 0 Å². The van der Waals surface area contributed by atoms with Crippen LogP contribution < -0.4 is 10.1 Å². The maximum Gasteiger partial charge on any atom is 0.216 e. The Bertz CT molecular complexity index is 582. The molecule has 19 heavy (non-hydrogen) atoms. The monoisotopic (exact) mass is 256 g/mol. The summed E-state index contributed by atoms with van der Waals surface area (Å²) in [6.45, 7) is 2.56. The van der Waals surface area contributed by atoms with Crippen LogP contribution >= 0.6 is 0 Å². The van der Waals surface area contributed by atoms with Gasteiger partial charge in [-0.15, -0.1) is 10.2 Å². The standard InChI is InChI=1S/C12H12N6O/c1-2-19-11-5-3-10(4-6-11)14-8-9(7-13)12-15-17-18-16-12/h3-6,8,14H,2H2,1H3,(H,15,16,17,18)/b9-8+. The second-order valence-corrected chi connectivity index (χ2v) is 3.51. The number of nitrogens with zero attached hydrogens (tertiary/aromatic N) is 4. The van der Waals surface area contributed by atoms with Crippen LogP contribution in [0, 0.1) is 11.3 Å². The van der Waals surface area contributed by atoms with E-state index in [-0.39, 0.29) is 5.82 Å². The minimum Gasteiger partial charge on any atom is -0.494 e. The summed E-state index contributed by atoms with van der Waals surface area (Å²) < 4.78 is 5.34. The van der Waals surface area contributed by atoms with E-state index in [1.165, 1.54) is 6.20 Å². The van der Waals surface area contributed by atoms with E-state index in [0.717, 1.165) is 11.4 Å². The van der Waals surface area contributed by atoms with Gasteiger partial charge in [0.1, 0.15) is 17.4 Å². The molecule has 0 bridgehead atoms. The van der Waals surface area contributed by atoms with Crippen molar-refractivity contribution in [1.82, 2.24) is 20.6 Å². The summed E-state index contributed by atoms with van der Waals surface area (Å²) >= 11 is 0. The predicted molar refractivity (Wildman–Crippen MR) is 69.0 cm³/mol. The van der Waals surface area contributed by atoms with Gasteiger partial charge in [0, 0.05) is 11.9 Å². The van der Waals surface area contributed by atoms with Gasteiger partial charge in [-0.2, -0.15) is 10.5 Å². The van der Waals surface area contributed by atoms with Crippen LogP contribution in [0.3, 0.4) is 0 Å². The number of aromatic nitrogens is 4. The Morgan fingerprint density at radius 3 is 2.84 bits per heavy atom. The Morgan fingerprint density at radius 2 is 2.26 bits per heavy atom. The van der Waals surface area contributed by atoms with E-state index in [9.17, 15) is 0 Å². The number of nitrogens with one attached hydrogen (secondary N) is 2. The Balaban J connectivity index is 2.07. The van der Waals surface area contributed by atoms with Crippen molar-refractivity contribution in [3.63, 3.8) is 0 Å². The van der Waals surface area contributed by atoms with E-state index < -0.39 is 0 Å². The van der Waals surface area contributed by atoms with Crippen LogP contribution in [0.4, 0.5) is 5.69 Å². The molecule has 0 unspecified atom stereocenters. The molecule has 0 spiro atoms. The molecule has 2 rings (SSSR count). The fourth-order valence-corrected chi connectivity index (χ4v) is 1.39. The first-order valence-electron chi connectivity index (χ1n) is 5.67. The lowest BCUT2D eigenvalue weighted by Crippen LogP contribution is -1.94. The van der Waals surface area contributed by atoms with Crippen LogP contribution in [0.2, 0.25) is 0 Å². The predicted octanol–water partition coefficient (Wildman–Crippen LogP) is 1.57. The van der Waals surface area contributed by atoms with Gasteiger partial charge in [0.2, 0.25) is 5.82 Å². The lowest BCUT2D eigenvalue weighted by atomic mass is 10.3. The van der Waals surface area contributed by atoms with E-state index in [1.54, 1.807) is 0 Å². The lowest BCUT2D eigenvalue weighted by Gasteiger charge is -2.04. The zero-order chi connectivity index (χ0) is 13.5. The molecule has 2 aromatic rings. The molecule has 2 N–H and O–H groups in total. The van der Waals surface area contributed by atoms with Crippen molar-refractivity contribution in [2.75, 3.05) is 11.9 Å². The van der Waals surface area contributed by atoms with E-state index >= 15 is 0 Å². The van der Waals surface area contributed by atoms with E-state index in [2.05, 4.69) is 25.9 Å². The van der Waals surface area contributed by atoms with Crippen molar-refractivity contribution in [3.05, 3.63) is 36.3 Å². The molecule has 7 heteroatoms. The molecule has 0 radical (unpaired) electrons. The van der Waals surface area contributed by atoms with Gasteiger partial charge in [-0.25, -0.2) is 0 Å². The second kappa shape index (κ2) is 6.16. The minimum atomic E-state index is 0.251. The minimum absolute atomic E-state index is 0.251. The second-order valence-electron chi connectivity index (χ2n) is 3.51. The van der Waals surface area contributed by atoms with Crippen LogP contribution in [-0.2, 0) is 0 Å². The summed E-state index contributed by atoms with van der Waals surface area (Å²) in [5, 5.41) is 25.2. The number of rotatable bonds is 5. The molecule has 0 atom stereocenters. The molecule has 0 fully saturated rings. The number of anilines is 1. The normalized spacial score (nSPS) is 10.8. The molecule has 7 nitrogen and oxygen atoms in total. The molecular weight excluding hydrogens is 244 g/mol. The highest BCUT2D eigenvalue weighted by molar-refractivity contribution is 5.74. The molecule has 0 saturated heterocycles. The number of hydrogen-bond donors (Lipinski definition) is 2. The molecule has 1 heterocycles.